The molecule has 0 saturated heterocycles. The van der Waals surface area contributed by atoms with E-state index in [9.17, 15) is 9.59 Å². The van der Waals surface area contributed by atoms with E-state index >= 15 is 0 Å². The largest absolute Gasteiger partial charge is 0.444 e. The van der Waals surface area contributed by atoms with Crippen LogP contribution in [0.25, 0.3) is 0 Å². The molecule has 6 nitrogen and oxygen atoms in total. The van der Waals surface area contributed by atoms with E-state index in [0.717, 1.165) is 18.4 Å². The predicted molar refractivity (Wildman–Crippen MR) is 133 cm³/mol. The lowest BCUT2D eigenvalue weighted by molar-refractivity contribution is -0.126. The number of ether oxygens (including phenoxy) is 1. The number of nitrogens with zero attached hydrogens (tertiary/aromatic N) is 1. The Hall–Kier alpha value is -2.86. The molecule has 0 saturated carbocycles. The third kappa shape index (κ3) is 11.0. The monoisotopic (exact) mass is 453 g/mol. The Kier molecular flexibility index (Phi) is 10.9. The molecule has 0 radical (unpaired) electrons. The Labute approximate surface area is 198 Å². The second kappa shape index (κ2) is 13.6. The summed E-state index contributed by atoms with van der Waals surface area (Å²) in [4.78, 5) is 27.0. The van der Waals surface area contributed by atoms with Crippen LogP contribution in [0.3, 0.4) is 0 Å². The van der Waals surface area contributed by atoms with Crippen LogP contribution in [0.2, 0.25) is 0 Å². The lowest BCUT2D eigenvalue weighted by Crippen LogP contribution is -2.45. The van der Waals surface area contributed by atoms with Gasteiger partial charge < -0.3 is 15.4 Å². The lowest BCUT2D eigenvalue weighted by Gasteiger charge is -2.27. The van der Waals surface area contributed by atoms with E-state index in [1.807, 2.05) is 64.2 Å². The molecule has 2 aromatic rings. The zero-order chi connectivity index (χ0) is 24.1. The first-order valence-electron chi connectivity index (χ1n) is 11.8. The van der Waals surface area contributed by atoms with Gasteiger partial charge in [0.25, 0.3) is 0 Å². The number of rotatable bonds is 12. The molecule has 0 aliphatic carbocycles. The minimum atomic E-state index is -0.526. The van der Waals surface area contributed by atoms with Gasteiger partial charge in [-0.2, -0.15) is 0 Å². The molecule has 180 valence electrons. The Morgan fingerprint density at radius 3 is 2.06 bits per heavy atom. The molecule has 0 unspecified atom stereocenters. The number of hydrogen-bond acceptors (Lipinski definition) is 4. The molecular weight excluding hydrogens is 414 g/mol. The van der Waals surface area contributed by atoms with Gasteiger partial charge in [-0.1, -0.05) is 60.7 Å². The zero-order valence-electron chi connectivity index (χ0n) is 20.5. The number of alkyl carbamates (subject to hydrolysis) is 1. The van der Waals surface area contributed by atoms with Gasteiger partial charge in [0.2, 0.25) is 5.91 Å². The van der Waals surface area contributed by atoms with Crippen LogP contribution in [0.1, 0.15) is 51.2 Å². The van der Waals surface area contributed by atoms with Crippen LogP contribution in [-0.2, 0) is 22.5 Å². The summed E-state index contributed by atoms with van der Waals surface area (Å²) in [5.41, 5.74) is 1.91. The molecule has 2 N–H and O–H groups in total. The Bertz CT molecular complexity index is 835. The van der Waals surface area contributed by atoms with Crippen LogP contribution in [0.5, 0.6) is 0 Å². The summed E-state index contributed by atoms with van der Waals surface area (Å²) in [5, 5.41) is 5.89. The highest BCUT2D eigenvalue weighted by atomic mass is 16.6. The highest BCUT2D eigenvalue weighted by Gasteiger charge is 2.23. The van der Waals surface area contributed by atoms with Crippen molar-refractivity contribution < 1.29 is 14.3 Å². The van der Waals surface area contributed by atoms with Crippen molar-refractivity contribution in [3.8, 4) is 0 Å². The lowest BCUT2D eigenvalue weighted by atomic mass is 10.1. The molecular formula is C27H39N3O3. The van der Waals surface area contributed by atoms with E-state index in [0.29, 0.717) is 32.5 Å². The van der Waals surface area contributed by atoms with Crippen molar-refractivity contribution in [1.82, 2.24) is 15.5 Å². The van der Waals surface area contributed by atoms with Gasteiger partial charge in [0, 0.05) is 19.6 Å². The van der Waals surface area contributed by atoms with E-state index < -0.39 is 11.7 Å². The number of carbonyl (C=O) groups excluding carboxylic acids is 2. The standard InChI is InChI=1S/C27H39N3O3/c1-27(2,3)33-26(32)29-20-12-18-24(30(4)21-23-15-9-6-10-16-23)25(31)28-19-11-17-22-13-7-5-8-14-22/h5-10,13-16,24H,11-12,17-21H2,1-4H3,(H,28,31)(H,29,32)/t24-/m0/s1. The number of nitrogens with one attached hydrogen (secondary N) is 2. The first-order chi connectivity index (χ1) is 15.7. The molecule has 0 aliphatic heterocycles. The van der Waals surface area contributed by atoms with Crippen molar-refractivity contribution in [2.75, 3.05) is 20.1 Å². The van der Waals surface area contributed by atoms with E-state index in [2.05, 4.69) is 39.8 Å². The second-order valence-corrected chi connectivity index (χ2v) is 9.37. The minimum absolute atomic E-state index is 0.0266. The molecule has 0 fully saturated rings. The summed E-state index contributed by atoms with van der Waals surface area (Å²) >= 11 is 0. The van der Waals surface area contributed by atoms with Gasteiger partial charge in [-0.3, -0.25) is 9.69 Å². The second-order valence-electron chi connectivity index (χ2n) is 9.37. The van der Waals surface area contributed by atoms with Crippen LogP contribution < -0.4 is 10.6 Å². The van der Waals surface area contributed by atoms with Gasteiger partial charge in [-0.15, -0.1) is 0 Å². The van der Waals surface area contributed by atoms with Crippen molar-refractivity contribution in [2.24, 2.45) is 0 Å². The molecule has 0 aliphatic rings. The molecule has 2 aromatic carbocycles. The maximum Gasteiger partial charge on any atom is 0.407 e. The molecule has 2 amide bonds. The first kappa shape index (κ1) is 26.4. The number of amides is 2. The molecule has 6 heteroatoms. The van der Waals surface area contributed by atoms with Crippen LogP contribution in [0.15, 0.2) is 60.7 Å². The summed E-state index contributed by atoms with van der Waals surface area (Å²) in [7, 11) is 1.97. The van der Waals surface area contributed by atoms with Gasteiger partial charge in [0.15, 0.2) is 0 Å². The summed E-state index contributed by atoms with van der Waals surface area (Å²) in [5.74, 6) is 0.0266. The number of aryl methyl sites for hydroxylation is 1. The molecule has 0 aromatic heterocycles. The highest BCUT2D eigenvalue weighted by molar-refractivity contribution is 5.81. The van der Waals surface area contributed by atoms with Gasteiger partial charge in [-0.05, 0) is 64.6 Å². The fraction of sp³-hybridized carbons (Fsp3) is 0.481. The fourth-order valence-electron chi connectivity index (χ4n) is 3.60. The van der Waals surface area contributed by atoms with Crippen molar-refractivity contribution in [3.63, 3.8) is 0 Å². The highest BCUT2D eigenvalue weighted by Crippen LogP contribution is 2.12. The molecule has 0 spiro atoms. The quantitative estimate of drug-likeness (QED) is 0.463. The third-order valence-corrected chi connectivity index (χ3v) is 5.22. The predicted octanol–water partition coefficient (Wildman–Crippen LogP) is 4.54. The first-order valence-corrected chi connectivity index (χ1v) is 11.8. The van der Waals surface area contributed by atoms with E-state index in [4.69, 9.17) is 4.74 Å². The van der Waals surface area contributed by atoms with Gasteiger partial charge >= 0.3 is 6.09 Å². The maximum absolute atomic E-state index is 13.0. The smallest absolute Gasteiger partial charge is 0.407 e. The molecule has 1 atom stereocenters. The Morgan fingerprint density at radius 2 is 1.45 bits per heavy atom. The average molecular weight is 454 g/mol. The van der Waals surface area contributed by atoms with Crippen molar-refractivity contribution in [2.45, 2.75) is 64.6 Å². The number of carbonyl (C=O) groups is 2. The van der Waals surface area contributed by atoms with Crippen LogP contribution in [0, 0.1) is 0 Å². The van der Waals surface area contributed by atoms with Crippen LogP contribution >= 0.6 is 0 Å². The topological polar surface area (TPSA) is 70.7 Å². The van der Waals surface area contributed by atoms with E-state index in [1.54, 1.807) is 0 Å². The van der Waals surface area contributed by atoms with Gasteiger partial charge in [0.1, 0.15) is 5.60 Å². The maximum atomic E-state index is 13.0. The van der Waals surface area contributed by atoms with Gasteiger partial charge in [-0.25, -0.2) is 4.79 Å². The summed E-state index contributed by atoms with van der Waals surface area (Å²) in [6, 6.07) is 20.2. The minimum Gasteiger partial charge on any atom is -0.444 e. The third-order valence-electron chi connectivity index (χ3n) is 5.22. The average Bonchev–Trinajstić information content (AvgIpc) is 2.76. The fourth-order valence-corrected chi connectivity index (χ4v) is 3.60. The number of benzene rings is 2. The summed E-state index contributed by atoms with van der Waals surface area (Å²) in [6.07, 6.45) is 2.72. The van der Waals surface area contributed by atoms with Crippen LogP contribution in [0.4, 0.5) is 4.79 Å². The van der Waals surface area contributed by atoms with Crippen molar-refractivity contribution in [1.29, 1.82) is 0 Å². The normalized spacial score (nSPS) is 12.3. The van der Waals surface area contributed by atoms with Crippen molar-refractivity contribution >= 4 is 12.0 Å². The molecule has 0 bridgehead atoms. The number of likely N-dealkylation sites (N-methyl/N-ethyl adjacent to an activating group) is 1. The van der Waals surface area contributed by atoms with Crippen molar-refractivity contribution in [3.05, 3.63) is 71.8 Å². The number of hydrogen-bond donors (Lipinski definition) is 2. The Balaban J connectivity index is 1.85. The summed E-state index contributed by atoms with van der Waals surface area (Å²) < 4.78 is 5.28. The molecule has 0 heterocycles. The summed E-state index contributed by atoms with van der Waals surface area (Å²) in [6.45, 7) is 7.30. The Morgan fingerprint density at radius 1 is 0.879 bits per heavy atom. The SMILES string of the molecule is CN(Cc1ccccc1)[C@@H](CCCNC(=O)OC(C)(C)C)C(=O)NCCCc1ccccc1. The van der Waals surface area contributed by atoms with E-state index in [-0.39, 0.29) is 11.9 Å². The van der Waals surface area contributed by atoms with Crippen LogP contribution in [-0.4, -0.2) is 48.7 Å². The molecule has 2 rings (SSSR count). The zero-order valence-corrected chi connectivity index (χ0v) is 20.5. The van der Waals surface area contributed by atoms with E-state index in [1.165, 1.54) is 5.56 Å². The van der Waals surface area contributed by atoms with Gasteiger partial charge in [0.05, 0.1) is 6.04 Å². The molecule has 33 heavy (non-hydrogen) atoms.